The van der Waals surface area contributed by atoms with Crippen molar-refractivity contribution in [3.63, 3.8) is 0 Å². The highest BCUT2D eigenvalue weighted by molar-refractivity contribution is 7.09. The smallest absolute Gasteiger partial charge is 0.227 e. The quantitative estimate of drug-likeness (QED) is 0.845. The van der Waals surface area contributed by atoms with Crippen LogP contribution in [-0.2, 0) is 11.3 Å². The number of hydrogen-bond acceptors (Lipinski definition) is 3. The number of hydrogen-bond donors (Lipinski definition) is 1. The van der Waals surface area contributed by atoms with Gasteiger partial charge in [0.15, 0.2) is 0 Å². The molecule has 1 aliphatic heterocycles. The van der Waals surface area contributed by atoms with E-state index in [1.165, 1.54) is 23.3 Å². The lowest BCUT2D eigenvalue weighted by molar-refractivity contribution is -0.119. The van der Waals surface area contributed by atoms with E-state index in [-0.39, 0.29) is 5.91 Å². The van der Waals surface area contributed by atoms with Crippen molar-refractivity contribution in [1.29, 1.82) is 0 Å². The zero-order chi connectivity index (χ0) is 16.8. The van der Waals surface area contributed by atoms with E-state index in [1.54, 1.807) is 11.3 Å². The maximum atomic E-state index is 12.9. The van der Waals surface area contributed by atoms with E-state index in [0.29, 0.717) is 18.9 Å². The van der Waals surface area contributed by atoms with Crippen molar-refractivity contribution in [2.45, 2.75) is 39.2 Å². The number of carbonyl (C=O) groups excluding carboxylic acids is 1. The molecule has 3 nitrogen and oxygen atoms in total. The molecule has 1 amide bonds. The topological polar surface area (TPSA) is 32.3 Å². The Bertz CT molecular complexity index is 630. The number of aryl methyl sites for hydroxylation is 1. The van der Waals surface area contributed by atoms with E-state index >= 15 is 0 Å². The third-order valence-electron chi connectivity index (χ3n) is 4.77. The lowest BCUT2D eigenvalue weighted by Crippen LogP contribution is -2.32. The number of nitrogens with zero attached hydrogens (tertiary/aromatic N) is 1. The third kappa shape index (κ3) is 4.68. The van der Waals surface area contributed by atoms with Crippen LogP contribution < -0.4 is 10.2 Å². The second-order valence-electron chi connectivity index (χ2n) is 6.63. The fourth-order valence-corrected chi connectivity index (χ4v) is 3.93. The standard InChI is InChI=1S/C20H26N2OS/c1-16-4-7-18(8-5-16)22(15-19-3-2-14-24-19)20(23)9-6-17-10-12-21-13-11-17/h2-5,7-8,14,17,21H,6,9-13,15H2,1H3. The number of amides is 1. The first kappa shape index (κ1) is 17.2. The molecule has 4 heteroatoms. The Labute approximate surface area is 148 Å². The Kier molecular flexibility index (Phi) is 6.05. The number of anilines is 1. The molecule has 1 aliphatic rings. The number of rotatable bonds is 6. The summed E-state index contributed by atoms with van der Waals surface area (Å²) in [4.78, 5) is 16.1. The largest absolute Gasteiger partial charge is 0.317 e. The molecule has 0 atom stereocenters. The molecule has 0 spiro atoms. The van der Waals surface area contributed by atoms with Crippen LogP contribution in [0.25, 0.3) is 0 Å². The van der Waals surface area contributed by atoms with Crippen LogP contribution in [0.3, 0.4) is 0 Å². The van der Waals surface area contributed by atoms with Crippen molar-refractivity contribution in [3.8, 4) is 0 Å². The highest BCUT2D eigenvalue weighted by Crippen LogP contribution is 2.24. The highest BCUT2D eigenvalue weighted by atomic mass is 32.1. The Morgan fingerprint density at radius 1 is 1.21 bits per heavy atom. The minimum absolute atomic E-state index is 0.241. The molecule has 0 radical (unpaired) electrons. The fourth-order valence-electron chi connectivity index (χ4n) is 3.24. The summed E-state index contributed by atoms with van der Waals surface area (Å²) in [6, 6.07) is 12.4. The summed E-state index contributed by atoms with van der Waals surface area (Å²) in [6.07, 6.45) is 4.04. The van der Waals surface area contributed by atoms with Crippen LogP contribution in [-0.4, -0.2) is 19.0 Å². The molecule has 1 fully saturated rings. The Morgan fingerprint density at radius 2 is 1.96 bits per heavy atom. The van der Waals surface area contributed by atoms with Gasteiger partial charge >= 0.3 is 0 Å². The lowest BCUT2D eigenvalue weighted by Gasteiger charge is -2.25. The van der Waals surface area contributed by atoms with E-state index in [9.17, 15) is 4.79 Å². The van der Waals surface area contributed by atoms with Crippen LogP contribution in [0.2, 0.25) is 0 Å². The van der Waals surface area contributed by atoms with Gasteiger partial charge in [-0.05, 0) is 68.8 Å². The summed E-state index contributed by atoms with van der Waals surface area (Å²) in [7, 11) is 0. The van der Waals surface area contributed by atoms with Gasteiger partial charge in [-0.1, -0.05) is 23.8 Å². The van der Waals surface area contributed by atoms with Gasteiger partial charge in [0, 0.05) is 17.0 Å². The second-order valence-corrected chi connectivity index (χ2v) is 7.66. The summed E-state index contributed by atoms with van der Waals surface area (Å²) in [5.41, 5.74) is 2.22. The molecule has 1 aromatic heterocycles. The van der Waals surface area contributed by atoms with Gasteiger partial charge in [0.25, 0.3) is 0 Å². The molecule has 3 rings (SSSR count). The third-order valence-corrected chi connectivity index (χ3v) is 5.63. The van der Waals surface area contributed by atoms with Crippen LogP contribution in [0.15, 0.2) is 41.8 Å². The first-order chi connectivity index (χ1) is 11.7. The van der Waals surface area contributed by atoms with Crippen LogP contribution in [0.1, 0.15) is 36.1 Å². The van der Waals surface area contributed by atoms with Crippen LogP contribution in [0, 0.1) is 12.8 Å². The molecule has 0 bridgehead atoms. The Morgan fingerprint density at radius 3 is 2.62 bits per heavy atom. The molecule has 1 saturated heterocycles. The number of thiophene rings is 1. The average molecular weight is 343 g/mol. The van der Waals surface area contributed by atoms with Crippen molar-refractivity contribution in [2.75, 3.05) is 18.0 Å². The molecule has 0 saturated carbocycles. The van der Waals surface area contributed by atoms with Crippen molar-refractivity contribution >= 4 is 22.9 Å². The summed E-state index contributed by atoms with van der Waals surface area (Å²) < 4.78 is 0. The second kappa shape index (κ2) is 8.45. The number of carbonyl (C=O) groups is 1. The van der Waals surface area contributed by atoms with Crippen LogP contribution in [0.4, 0.5) is 5.69 Å². The van der Waals surface area contributed by atoms with Crippen molar-refractivity contribution in [1.82, 2.24) is 5.32 Å². The molecule has 0 unspecified atom stereocenters. The molecule has 128 valence electrons. The number of benzene rings is 1. The van der Waals surface area contributed by atoms with E-state index in [2.05, 4.69) is 48.0 Å². The first-order valence-corrected chi connectivity index (χ1v) is 9.70. The lowest BCUT2D eigenvalue weighted by atomic mass is 9.93. The Hall–Kier alpha value is -1.65. The maximum Gasteiger partial charge on any atom is 0.227 e. The van der Waals surface area contributed by atoms with Gasteiger partial charge in [-0.25, -0.2) is 0 Å². The van der Waals surface area contributed by atoms with Gasteiger partial charge in [0.2, 0.25) is 5.91 Å². The van der Waals surface area contributed by atoms with Crippen molar-refractivity contribution in [3.05, 3.63) is 52.2 Å². The summed E-state index contributed by atoms with van der Waals surface area (Å²) in [6.45, 7) is 4.93. The van der Waals surface area contributed by atoms with E-state index < -0.39 is 0 Å². The van der Waals surface area contributed by atoms with Crippen LogP contribution >= 0.6 is 11.3 Å². The summed E-state index contributed by atoms with van der Waals surface area (Å²) >= 11 is 1.71. The van der Waals surface area contributed by atoms with Gasteiger partial charge in [-0.3, -0.25) is 4.79 Å². The normalized spacial score (nSPS) is 15.4. The molecule has 2 heterocycles. The molecule has 1 N–H and O–H groups in total. The minimum atomic E-state index is 0.241. The van der Waals surface area contributed by atoms with Gasteiger partial charge in [0.1, 0.15) is 0 Å². The van der Waals surface area contributed by atoms with Crippen molar-refractivity contribution in [2.24, 2.45) is 5.92 Å². The summed E-state index contributed by atoms with van der Waals surface area (Å²) in [5, 5.41) is 5.46. The molecule has 0 aliphatic carbocycles. The van der Waals surface area contributed by atoms with Crippen molar-refractivity contribution < 1.29 is 4.79 Å². The molecular formula is C20H26N2OS. The van der Waals surface area contributed by atoms with Gasteiger partial charge < -0.3 is 10.2 Å². The van der Waals surface area contributed by atoms with Gasteiger partial charge in [-0.2, -0.15) is 0 Å². The minimum Gasteiger partial charge on any atom is -0.317 e. The average Bonchev–Trinajstić information content (AvgIpc) is 3.13. The van der Waals surface area contributed by atoms with E-state index in [4.69, 9.17) is 0 Å². The zero-order valence-electron chi connectivity index (χ0n) is 14.3. The van der Waals surface area contributed by atoms with Crippen LogP contribution in [0.5, 0.6) is 0 Å². The number of piperidine rings is 1. The van der Waals surface area contributed by atoms with E-state index in [1.807, 2.05) is 11.0 Å². The molecule has 2 aromatic rings. The molecule has 24 heavy (non-hydrogen) atoms. The van der Waals surface area contributed by atoms with Gasteiger partial charge in [0.05, 0.1) is 6.54 Å². The fraction of sp³-hybridized carbons (Fsp3) is 0.450. The molecular weight excluding hydrogens is 316 g/mol. The molecule has 1 aromatic carbocycles. The number of nitrogens with one attached hydrogen (secondary N) is 1. The Balaban J connectivity index is 1.68. The van der Waals surface area contributed by atoms with Gasteiger partial charge in [-0.15, -0.1) is 11.3 Å². The SMILES string of the molecule is Cc1ccc(N(Cc2cccs2)C(=O)CCC2CCNCC2)cc1. The monoisotopic (exact) mass is 342 g/mol. The predicted molar refractivity (Wildman–Crippen MR) is 102 cm³/mol. The first-order valence-electron chi connectivity index (χ1n) is 8.82. The van der Waals surface area contributed by atoms with E-state index in [0.717, 1.165) is 25.2 Å². The highest BCUT2D eigenvalue weighted by Gasteiger charge is 2.20. The maximum absolute atomic E-state index is 12.9. The zero-order valence-corrected chi connectivity index (χ0v) is 15.1. The predicted octanol–water partition coefficient (Wildman–Crippen LogP) is 4.37. The summed E-state index contributed by atoms with van der Waals surface area (Å²) in [5.74, 6) is 0.933.